The number of hydrogen-bond acceptors (Lipinski definition) is 1. The van der Waals surface area contributed by atoms with Crippen LogP contribution in [-0.4, -0.2) is 24.0 Å². The van der Waals surface area contributed by atoms with Gasteiger partial charge in [-0.3, -0.25) is 0 Å². The van der Waals surface area contributed by atoms with E-state index in [0.717, 1.165) is 12.0 Å². The highest BCUT2D eigenvalue weighted by Gasteiger charge is 2.34. The summed E-state index contributed by atoms with van der Waals surface area (Å²) in [4.78, 5) is 2.71. The molecular formula is C12H23N. The third-order valence-corrected chi connectivity index (χ3v) is 3.82. The lowest BCUT2D eigenvalue weighted by Crippen LogP contribution is -2.39. The number of piperidine rings is 1. The van der Waals surface area contributed by atoms with E-state index in [0.29, 0.717) is 5.41 Å². The highest BCUT2D eigenvalue weighted by Crippen LogP contribution is 2.37. The normalized spacial score (nSPS) is 27.9. The molecule has 0 aromatic carbocycles. The second kappa shape index (κ2) is 3.27. The van der Waals surface area contributed by atoms with Gasteiger partial charge in [0.05, 0.1) is 0 Å². The van der Waals surface area contributed by atoms with Crippen molar-refractivity contribution in [1.82, 2.24) is 4.90 Å². The zero-order valence-electron chi connectivity index (χ0n) is 9.34. The van der Waals surface area contributed by atoms with Crippen LogP contribution in [0.5, 0.6) is 0 Å². The summed E-state index contributed by atoms with van der Waals surface area (Å²) in [5.74, 6) is 0.961. The number of likely N-dealkylation sites (tertiary alicyclic amines) is 1. The maximum atomic E-state index is 2.71. The van der Waals surface area contributed by atoms with Crippen LogP contribution in [0, 0.1) is 11.3 Å². The topological polar surface area (TPSA) is 3.24 Å². The Morgan fingerprint density at radius 3 is 1.85 bits per heavy atom. The van der Waals surface area contributed by atoms with Crippen molar-refractivity contribution in [3.63, 3.8) is 0 Å². The average molecular weight is 181 g/mol. The van der Waals surface area contributed by atoms with Crippen molar-refractivity contribution in [2.24, 2.45) is 11.3 Å². The Kier molecular flexibility index (Phi) is 2.39. The molecule has 1 aliphatic carbocycles. The van der Waals surface area contributed by atoms with Gasteiger partial charge in [0.15, 0.2) is 0 Å². The lowest BCUT2D eigenvalue weighted by molar-refractivity contribution is 0.107. The van der Waals surface area contributed by atoms with Crippen molar-refractivity contribution >= 4 is 0 Å². The van der Waals surface area contributed by atoms with Crippen LogP contribution < -0.4 is 0 Å². The zero-order valence-corrected chi connectivity index (χ0v) is 9.34. The molecule has 0 spiro atoms. The second-order valence-electron chi connectivity index (χ2n) is 5.91. The Bertz CT molecular complexity index is 168. The molecule has 0 radical (unpaired) electrons. The first kappa shape index (κ1) is 9.51. The van der Waals surface area contributed by atoms with Gasteiger partial charge < -0.3 is 4.90 Å². The molecule has 2 aliphatic rings. The molecule has 0 aromatic heterocycles. The third-order valence-electron chi connectivity index (χ3n) is 3.82. The summed E-state index contributed by atoms with van der Waals surface area (Å²) in [5.41, 5.74) is 0.537. The van der Waals surface area contributed by atoms with E-state index in [2.05, 4.69) is 25.7 Å². The van der Waals surface area contributed by atoms with Crippen LogP contribution >= 0.6 is 0 Å². The fraction of sp³-hybridized carbons (Fsp3) is 1.00. The lowest BCUT2D eigenvalue weighted by Gasteiger charge is -2.38. The van der Waals surface area contributed by atoms with Gasteiger partial charge in [0.25, 0.3) is 0 Å². The Morgan fingerprint density at radius 2 is 1.46 bits per heavy atom. The molecule has 1 heterocycles. The predicted octanol–water partition coefficient (Wildman–Crippen LogP) is 2.91. The molecule has 0 unspecified atom stereocenters. The Morgan fingerprint density at radius 1 is 0.923 bits per heavy atom. The van der Waals surface area contributed by atoms with Crippen LogP contribution in [0.2, 0.25) is 0 Å². The fourth-order valence-electron chi connectivity index (χ4n) is 2.57. The van der Waals surface area contributed by atoms with E-state index in [1.54, 1.807) is 0 Å². The van der Waals surface area contributed by atoms with Gasteiger partial charge in [0.2, 0.25) is 0 Å². The molecule has 0 bridgehead atoms. The first-order chi connectivity index (χ1) is 6.07. The molecule has 1 saturated heterocycles. The highest BCUT2D eigenvalue weighted by molar-refractivity contribution is 4.89. The zero-order chi connectivity index (χ0) is 9.47. The van der Waals surface area contributed by atoms with Gasteiger partial charge in [0, 0.05) is 6.04 Å². The maximum absolute atomic E-state index is 2.71. The van der Waals surface area contributed by atoms with E-state index in [4.69, 9.17) is 0 Å². The summed E-state index contributed by atoms with van der Waals surface area (Å²) in [6.45, 7) is 9.92. The van der Waals surface area contributed by atoms with Crippen LogP contribution in [0.3, 0.4) is 0 Å². The average Bonchev–Trinajstić information content (AvgIpc) is 2.85. The summed E-state index contributed by atoms with van der Waals surface area (Å²) >= 11 is 0. The van der Waals surface area contributed by atoms with E-state index >= 15 is 0 Å². The van der Waals surface area contributed by atoms with Gasteiger partial charge in [-0.2, -0.15) is 0 Å². The quantitative estimate of drug-likeness (QED) is 0.601. The summed E-state index contributed by atoms with van der Waals surface area (Å²) in [6.07, 6.45) is 5.81. The van der Waals surface area contributed by atoms with Crippen molar-refractivity contribution in [3.8, 4) is 0 Å². The van der Waals surface area contributed by atoms with Crippen molar-refractivity contribution in [1.29, 1.82) is 0 Å². The SMILES string of the molecule is CC(C)(C)C1CCN(C2CC2)CC1. The molecule has 1 heteroatoms. The van der Waals surface area contributed by atoms with Crippen LogP contribution in [0.1, 0.15) is 46.5 Å². The Balaban J connectivity index is 1.81. The van der Waals surface area contributed by atoms with Crippen LogP contribution in [0.25, 0.3) is 0 Å². The van der Waals surface area contributed by atoms with Crippen molar-refractivity contribution in [2.45, 2.75) is 52.5 Å². The molecule has 13 heavy (non-hydrogen) atoms. The maximum Gasteiger partial charge on any atom is 0.00964 e. The highest BCUT2D eigenvalue weighted by atomic mass is 15.2. The largest absolute Gasteiger partial charge is 0.300 e. The van der Waals surface area contributed by atoms with E-state index in [1.165, 1.54) is 38.8 Å². The standard InChI is InChI=1S/C12H23N/c1-12(2,3)10-6-8-13(9-7-10)11-4-5-11/h10-11H,4-9H2,1-3H3. The number of hydrogen-bond donors (Lipinski definition) is 0. The van der Waals surface area contributed by atoms with Gasteiger partial charge in [0.1, 0.15) is 0 Å². The van der Waals surface area contributed by atoms with Crippen molar-refractivity contribution < 1.29 is 0 Å². The summed E-state index contributed by atoms with van der Waals surface area (Å²) in [5, 5.41) is 0. The molecule has 0 amide bonds. The minimum absolute atomic E-state index is 0.537. The molecule has 2 fully saturated rings. The van der Waals surface area contributed by atoms with E-state index in [1.807, 2.05) is 0 Å². The summed E-state index contributed by atoms with van der Waals surface area (Å²) in [6, 6.07) is 0.987. The molecule has 0 aromatic rings. The predicted molar refractivity (Wildman–Crippen MR) is 56.8 cm³/mol. The first-order valence-corrected chi connectivity index (χ1v) is 5.81. The molecule has 2 rings (SSSR count). The van der Waals surface area contributed by atoms with Crippen LogP contribution in [0.15, 0.2) is 0 Å². The van der Waals surface area contributed by atoms with Gasteiger partial charge in [-0.1, -0.05) is 20.8 Å². The Hall–Kier alpha value is -0.0400. The summed E-state index contributed by atoms with van der Waals surface area (Å²) < 4.78 is 0. The van der Waals surface area contributed by atoms with Gasteiger partial charge >= 0.3 is 0 Å². The Labute approximate surface area is 82.5 Å². The van der Waals surface area contributed by atoms with E-state index < -0.39 is 0 Å². The minimum Gasteiger partial charge on any atom is -0.300 e. The molecule has 0 atom stereocenters. The molecular weight excluding hydrogens is 158 g/mol. The van der Waals surface area contributed by atoms with Crippen LogP contribution in [-0.2, 0) is 0 Å². The van der Waals surface area contributed by atoms with Crippen molar-refractivity contribution in [3.05, 3.63) is 0 Å². The first-order valence-electron chi connectivity index (χ1n) is 5.81. The molecule has 1 saturated carbocycles. The minimum atomic E-state index is 0.537. The number of rotatable bonds is 1. The van der Waals surface area contributed by atoms with Crippen LogP contribution in [0.4, 0.5) is 0 Å². The fourth-order valence-corrected chi connectivity index (χ4v) is 2.57. The molecule has 76 valence electrons. The lowest BCUT2D eigenvalue weighted by atomic mass is 9.75. The monoisotopic (exact) mass is 181 g/mol. The molecule has 1 aliphatic heterocycles. The van der Waals surface area contributed by atoms with Gasteiger partial charge in [-0.25, -0.2) is 0 Å². The smallest absolute Gasteiger partial charge is 0.00964 e. The van der Waals surface area contributed by atoms with E-state index in [-0.39, 0.29) is 0 Å². The molecule has 1 nitrogen and oxygen atoms in total. The van der Waals surface area contributed by atoms with Gasteiger partial charge in [-0.15, -0.1) is 0 Å². The van der Waals surface area contributed by atoms with E-state index in [9.17, 15) is 0 Å². The van der Waals surface area contributed by atoms with Crippen molar-refractivity contribution in [2.75, 3.05) is 13.1 Å². The molecule has 0 N–H and O–H groups in total. The number of nitrogens with zero attached hydrogens (tertiary/aromatic N) is 1. The van der Waals surface area contributed by atoms with Gasteiger partial charge in [-0.05, 0) is 50.1 Å². The summed E-state index contributed by atoms with van der Waals surface area (Å²) in [7, 11) is 0. The second-order valence-corrected chi connectivity index (χ2v) is 5.91. The third kappa shape index (κ3) is 2.25.